The highest BCUT2D eigenvalue weighted by Gasteiger charge is 2.20. The molecule has 0 saturated heterocycles. The first-order valence-corrected chi connectivity index (χ1v) is 7.47. The molecule has 3 rings (SSSR count). The smallest absolute Gasteiger partial charge is 0.0969 e. The van der Waals surface area contributed by atoms with Crippen molar-refractivity contribution in [2.45, 2.75) is 19.4 Å². The maximum absolute atomic E-state index is 6.19. The average molecular weight is 342 g/mol. The summed E-state index contributed by atoms with van der Waals surface area (Å²) in [5.74, 6) is 0.871. The monoisotopic (exact) mass is 340 g/mol. The topological polar surface area (TPSA) is 42.7 Å². The van der Waals surface area contributed by atoms with Gasteiger partial charge in [-0.15, -0.1) is 5.10 Å². The molecule has 4 nitrogen and oxygen atoms in total. The van der Waals surface area contributed by atoms with E-state index in [0.29, 0.717) is 5.02 Å². The Kier molecular flexibility index (Phi) is 3.86. The van der Waals surface area contributed by atoms with E-state index < -0.39 is 0 Å². The third-order valence-corrected chi connectivity index (χ3v) is 3.93. The van der Waals surface area contributed by atoms with E-state index in [1.165, 1.54) is 12.8 Å². The summed E-state index contributed by atoms with van der Waals surface area (Å²) >= 11 is 9.58. The molecule has 1 saturated carbocycles. The quantitative estimate of drug-likeness (QED) is 0.908. The van der Waals surface area contributed by atoms with Crippen LogP contribution in [0.25, 0.3) is 5.69 Å². The number of benzene rings is 1. The Morgan fingerprint density at radius 2 is 2.26 bits per heavy atom. The Bertz CT molecular complexity index is 580. The summed E-state index contributed by atoms with van der Waals surface area (Å²) in [6, 6.07) is 5.71. The Labute approximate surface area is 125 Å². The van der Waals surface area contributed by atoms with Crippen molar-refractivity contribution in [3.8, 4) is 5.69 Å². The van der Waals surface area contributed by atoms with Gasteiger partial charge in [0.25, 0.3) is 0 Å². The van der Waals surface area contributed by atoms with Crippen molar-refractivity contribution < 1.29 is 0 Å². The highest BCUT2D eigenvalue weighted by molar-refractivity contribution is 9.10. The highest BCUT2D eigenvalue weighted by Crippen LogP contribution is 2.27. The minimum absolute atomic E-state index is 0.650. The van der Waals surface area contributed by atoms with Crippen LogP contribution in [0, 0.1) is 5.92 Å². The van der Waals surface area contributed by atoms with Gasteiger partial charge in [-0.3, -0.25) is 0 Å². The van der Waals surface area contributed by atoms with Gasteiger partial charge in [0.05, 0.1) is 22.6 Å². The van der Waals surface area contributed by atoms with Crippen LogP contribution in [0.3, 0.4) is 0 Å². The fraction of sp³-hybridized carbons (Fsp3) is 0.385. The minimum Gasteiger partial charge on any atom is -0.311 e. The third kappa shape index (κ3) is 3.35. The van der Waals surface area contributed by atoms with E-state index in [1.54, 1.807) is 4.68 Å². The van der Waals surface area contributed by atoms with Crippen LogP contribution in [0.4, 0.5) is 0 Å². The zero-order chi connectivity index (χ0) is 13.2. The number of aromatic nitrogens is 3. The van der Waals surface area contributed by atoms with Crippen LogP contribution >= 0.6 is 27.5 Å². The van der Waals surface area contributed by atoms with Gasteiger partial charge in [-0.25, -0.2) is 4.68 Å². The van der Waals surface area contributed by atoms with Gasteiger partial charge in [0.2, 0.25) is 0 Å². The zero-order valence-electron chi connectivity index (χ0n) is 10.3. The molecule has 19 heavy (non-hydrogen) atoms. The van der Waals surface area contributed by atoms with Crippen molar-refractivity contribution >= 4 is 27.5 Å². The van der Waals surface area contributed by atoms with E-state index in [-0.39, 0.29) is 0 Å². The van der Waals surface area contributed by atoms with Crippen LogP contribution in [0.1, 0.15) is 18.5 Å². The van der Waals surface area contributed by atoms with Gasteiger partial charge in [-0.05, 0) is 43.5 Å². The molecular formula is C13H14BrClN4. The van der Waals surface area contributed by atoms with E-state index in [2.05, 4.69) is 31.6 Å². The molecule has 1 fully saturated rings. The van der Waals surface area contributed by atoms with Gasteiger partial charge in [0.15, 0.2) is 0 Å². The molecule has 1 aromatic carbocycles. The summed E-state index contributed by atoms with van der Waals surface area (Å²) in [4.78, 5) is 0. The third-order valence-electron chi connectivity index (χ3n) is 3.13. The molecule has 0 spiro atoms. The Balaban J connectivity index is 1.68. The van der Waals surface area contributed by atoms with Crippen LogP contribution in [0.2, 0.25) is 5.02 Å². The second-order valence-corrected chi connectivity index (χ2v) is 6.15. The van der Waals surface area contributed by atoms with Gasteiger partial charge in [0.1, 0.15) is 0 Å². The molecule has 0 aliphatic heterocycles. The van der Waals surface area contributed by atoms with E-state index in [9.17, 15) is 0 Å². The lowest BCUT2D eigenvalue weighted by molar-refractivity contribution is 0.628. The summed E-state index contributed by atoms with van der Waals surface area (Å²) in [5.41, 5.74) is 1.77. The van der Waals surface area contributed by atoms with E-state index in [0.717, 1.165) is 34.9 Å². The number of hydrogen-bond donors (Lipinski definition) is 1. The molecule has 0 radical (unpaired) electrons. The number of nitrogens with zero attached hydrogens (tertiary/aromatic N) is 3. The van der Waals surface area contributed by atoms with E-state index in [1.807, 2.05) is 24.4 Å². The SMILES string of the molecule is Clc1cc(Br)ccc1-n1cc(CNCC2CC2)nn1. The number of hydrogen-bond acceptors (Lipinski definition) is 3. The van der Waals surface area contributed by atoms with Gasteiger partial charge < -0.3 is 5.32 Å². The molecule has 0 bridgehead atoms. The van der Waals surface area contributed by atoms with Gasteiger partial charge in [-0.2, -0.15) is 0 Å². The summed E-state index contributed by atoms with van der Waals surface area (Å²) in [5, 5.41) is 12.3. The molecule has 0 unspecified atom stereocenters. The lowest BCUT2D eigenvalue weighted by Crippen LogP contribution is -2.16. The van der Waals surface area contributed by atoms with Gasteiger partial charge in [0, 0.05) is 11.0 Å². The Hall–Kier alpha value is -0.910. The largest absolute Gasteiger partial charge is 0.311 e. The molecule has 2 aromatic rings. The molecule has 0 atom stereocenters. The predicted octanol–water partition coefficient (Wildman–Crippen LogP) is 3.18. The second kappa shape index (κ2) is 5.61. The normalized spacial score (nSPS) is 14.8. The van der Waals surface area contributed by atoms with Crippen LogP contribution in [0.15, 0.2) is 28.9 Å². The first-order valence-electron chi connectivity index (χ1n) is 6.30. The Morgan fingerprint density at radius 1 is 1.42 bits per heavy atom. The molecule has 1 heterocycles. The number of rotatable bonds is 5. The maximum Gasteiger partial charge on any atom is 0.0969 e. The lowest BCUT2D eigenvalue weighted by atomic mass is 10.3. The first kappa shape index (κ1) is 13.1. The van der Waals surface area contributed by atoms with Gasteiger partial charge in [-0.1, -0.05) is 32.7 Å². The van der Waals surface area contributed by atoms with Crippen molar-refractivity contribution in [2.24, 2.45) is 5.92 Å². The van der Waals surface area contributed by atoms with Crippen LogP contribution < -0.4 is 5.32 Å². The average Bonchev–Trinajstić information content (AvgIpc) is 3.07. The highest BCUT2D eigenvalue weighted by atomic mass is 79.9. The standard InChI is InChI=1S/C13H14BrClN4/c14-10-3-4-13(12(15)5-10)19-8-11(17-18-19)7-16-6-9-1-2-9/h3-5,8-9,16H,1-2,6-7H2. The van der Waals surface area contributed by atoms with Crippen molar-refractivity contribution in [1.29, 1.82) is 0 Å². The predicted molar refractivity (Wildman–Crippen MR) is 78.5 cm³/mol. The minimum atomic E-state index is 0.650. The molecule has 100 valence electrons. The fourth-order valence-electron chi connectivity index (χ4n) is 1.89. The summed E-state index contributed by atoms with van der Waals surface area (Å²) in [6.45, 7) is 1.83. The summed E-state index contributed by atoms with van der Waals surface area (Å²) in [7, 11) is 0. The summed E-state index contributed by atoms with van der Waals surface area (Å²) < 4.78 is 2.66. The van der Waals surface area contributed by atoms with Crippen molar-refractivity contribution in [1.82, 2.24) is 20.3 Å². The molecular weight excluding hydrogens is 328 g/mol. The Morgan fingerprint density at radius 3 is 3.00 bits per heavy atom. The van der Waals surface area contributed by atoms with Crippen molar-refractivity contribution in [2.75, 3.05) is 6.54 Å². The van der Waals surface area contributed by atoms with Crippen LogP contribution in [0.5, 0.6) is 0 Å². The molecule has 1 aromatic heterocycles. The number of nitrogens with one attached hydrogen (secondary N) is 1. The van der Waals surface area contributed by atoms with Crippen molar-refractivity contribution in [3.05, 3.63) is 39.6 Å². The fourth-order valence-corrected chi connectivity index (χ4v) is 2.65. The first-order chi connectivity index (χ1) is 9.22. The molecule has 1 N–H and O–H groups in total. The summed E-state index contributed by atoms with van der Waals surface area (Å²) in [6.07, 6.45) is 4.62. The zero-order valence-corrected chi connectivity index (χ0v) is 12.7. The molecule has 6 heteroatoms. The van der Waals surface area contributed by atoms with Crippen LogP contribution in [-0.4, -0.2) is 21.5 Å². The molecule has 0 amide bonds. The maximum atomic E-state index is 6.19. The molecule has 1 aliphatic rings. The lowest BCUT2D eigenvalue weighted by Gasteiger charge is -2.03. The number of halogens is 2. The molecule has 1 aliphatic carbocycles. The van der Waals surface area contributed by atoms with E-state index in [4.69, 9.17) is 11.6 Å². The second-order valence-electron chi connectivity index (χ2n) is 4.82. The van der Waals surface area contributed by atoms with Crippen LogP contribution in [-0.2, 0) is 6.54 Å². The van der Waals surface area contributed by atoms with E-state index >= 15 is 0 Å². The van der Waals surface area contributed by atoms with Gasteiger partial charge >= 0.3 is 0 Å². The van der Waals surface area contributed by atoms with Crippen molar-refractivity contribution in [3.63, 3.8) is 0 Å².